The molecular formula is C16H26N2O5. The highest BCUT2D eigenvalue weighted by Gasteiger charge is 2.46. The van der Waals surface area contributed by atoms with Gasteiger partial charge in [0.1, 0.15) is 12.3 Å². The van der Waals surface area contributed by atoms with Gasteiger partial charge >= 0.3 is 11.9 Å². The molecule has 0 heterocycles. The average Bonchev–Trinajstić information content (AvgIpc) is 3.39. The van der Waals surface area contributed by atoms with E-state index in [0.717, 1.165) is 25.7 Å². The molecule has 2 aliphatic rings. The number of nitrogens with one attached hydrogen (secondary N) is 1. The summed E-state index contributed by atoms with van der Waals surface area (Å²) in [7, 11) is 1.29. The maximum Gasteiger partial charge on any atom is 0.322 e. The van der Waals surface area contributed by atoms with Crippen molar-refractivity contribution in [3.05, 3.63) is 0 Å². The molecule has 0 aliphatic heterocycles. The first-order chi connectivity index (χ1) is 11.0. The van der Waals surface area contributed by atoms with Gasteiger partial charge in [0, 0.05) is 6.04 Å². The van der Waals surface area contributed by atoms with Crippen LogP contribution in [0.4, 0.5) is 0 Å². The minimum atomic E-state index is -1.03. The van der Waals surface area contributed by atoms with E-state index in [4.69, 9.17) is 10.8 Å². The second-order valence-corrected chi connectivity index (χ2v) is 6.73. The maximum atomic E-state index is 11.6. The lowest BCUT2D eigenvalue weighted by molar-refractivity contribution is -0.143. The number of hydrogen-bond acceptors (Lipinski definition) is 6. The van der Waals surface area contributed by atoms with E-state index in [0.29, 0.717) is 30.5 Å². The van der Waals surface area contributed by atoms with Crippen LogP contribution in [0, 0.1) is 17.8 Å². The second-order valence-electron chi connectivity index (χ2n) is 6.73. The number of hydrogen-bond donors (Lipinski definition) is 3. The maximum absolute atomic E-state index is 11.6. The largest absolute Gasteiger partial charge is 0.481 e. The van der Waals surface area contributed by atoms with Crippen LogP contribution in [0.25, 0.3) is 0 Å². The van der Waals surface area contributed by atoms with E-state index in [9.17, 15) is 14.4 Å². The van der Waals surface area contributed by atoms with Crippen molar-refractivity contribution in [3.63, 3.8) is 0 Å². The van der Waals surface area contributed by atoms with Gasteiger partial charge in [-0.05, 0) is 49.9 Å². The summed E-state index contributed by atoms with van der Waals surface area (Å²) in [5, 5.41) is 12.1. The van der Waals surface area contributed by atoms with E-state index < -0.39 is 24.0 Å². The van der Waals surface area contributed by atoms with Gasteiger partial charge in [-0.2, -0.15) is 0 Å². The Balaban J connectivity index is 2.07. The smallest absolute Gasteiger partial charge is 0.322 e. The lowest BCUT2D eigenvalue weighted by atomic mass is 9.85. The third-order valence-corrected chi connectivity index (χ3v) is 4.80. The van der Waals surface area contributed by atoms with Gasteiger partial charge in [0.15, 0.2) is 0 Å². The molecule has 2 saturated carbocycles. The van der Waals surface area contributed by atoms with Gasteiger partial charge in [-0.1, -0.05) is 0 Å². The van der Waals surface area contributed by atoms with Crippen molar-refractivity contribution in [1.82, 2.24) is 5.32 Å². The number of rotatable bonds is 11. The normalized spacial score (nSPS) is 21.5. The van der Waals surface area contributed by atoms with Gasteiger partial charge in [-0.3, -0.25) is 9.59 Å². The summed E-state index contributed by atoms with van der Waals surface area (Å²) in [6.07, 6.45) is 5.31. The Morgan fingerprint density at radius 2 is 1.87 bits per heavy atom. The number of esters is 1. The second kappa shape index (κ2) is 7.88. The Bertz CT molecular complexity index is 436. The number of carboxylic acids is 1. The molecule has 2 unspecified atom stereocenters. The van der Waals surface area contributed by atoms with Crippen LogP contribution in [-0.2, 0) is 19.1 Å². The van der Waals surface area contributed by atoms with Crippen LogP contribution in [0.3, 0.4) is 0 Å². The third kappa shape index (κ3) is 5.28. The van der Waals surface area contributed by atoms with Gasteiger partial charge < -0.3 is 25.7 Å². The molecule has 7 nitrogen and oxygen atoms in total. The van der Waals surface area contributed by atoms with E-state index in [1.54, 1.807) is 0 Å². The van der Waals surface area contributed by atoms with E-state index in [2.05, 4.69) is 10.1 Å². The number of nitrogens with two attached hydrogens (primary N) is 1. The van der Waals surface area contributed by atoms with Gasteiger partial charge in [-0.15, -0.1) is 0 Å². The molecule has 7 heteroatoms. The lowest BCUT2D eigenvalue weighted by Gasteiger charge is -2.31. The van der Waals surface area contributed by atoms with Crippen LogP contribution in [0.15, 0.2) is 0 Å². The van der Waals surface area contributed by atoms with Crippen LogP contribution < -0.4 is 11.1 Å². The molecule has 23 heavy (non-hydrogen) atoms. The van der Waals surface area contributed by atoms with Crippen molar-refractivity contribution < 1.29 is 24.2 Å². The summed E-state index contributed by atoms with van der Waals surface area (Å²) in [6.45, 7) is 0. The van der Waals surface area contributed by atoms with E-state index >= 15 is 0 Å². The highest BCUT2D eigenvalue weighted by atomic mass is 16.5. The summed E-state index contributed by atoms with van der Waals surface area (Å²) in [4.78, 5) is 33.7. The topological polar surface area (TPSA) is 119 Å². The fourth-order valence-electron chi connectivity index (χ4n) is 3.47. The molecule has 0 spiro atoms. The molecule has 0 amide bonds. The fraction of sp³-hybridized carbons (Fsp3) is 0.812. The average molecular weight is 326 g/mol. The van der Waals surface area contributed by atoms with Crippen molar-refractivity contribution in [2.24, 2.45) is 23.5 Å². The number of aldehydes is 1. The minimum absolute atomic E-state index is 0.140. The molecule has 4 N–H and O–H groups in total. The van der Waals surface area contributed by atoms with Crippen molar-refractivity contribution in [2.45, 2.75) is 56.7 Å². The summed E-state index contributed by atoms with van der Waals surface area (Å²) in [5.74, 6) is 0.00828. The summed E-state index contributed by atoms with van der Waals surface area (Å²) in [5.41, 5.74) is 5.91. The lowest BCUT2D eigenvalue weighted by Crippen LogP contribution is -2.50. The van der Waals surface area contributed by atoms with E-state index in [1.807, 2.05) is 0 Å². The van der Waals surface area contributed by atoms with Gasteiger partial charge in [-0.25, -0.2) is 0 Å². The molecule has 2 aliphatic carbocycles. The quantitative estimate of drug-likeness (QED) is 0.369. The molecule has 0 aromatic heterocycles. The Morgan fingerprint density at radius 1 is 1.30 bits per heavy atom. The number of ether oxygens (including phenoxy) is 1. The van der Waals surface area contributed by atoms with Crippen LogP contribution in [0.1, 0.15) is 38.5 Å². The van der Waals surface area contributed by atoms with E-state index in [1.165, 1.54) is 7.11 Å². The van der Waals surface area contributed by atoms with Crippen LogP contribution in [0.5, 0.6) is 0 Å². The first-order valence-corrected chi connectivity index (χ1v) is 8.22. The molecule has 2 rings (SSSR count). The number of carboxylic acid groups (broad SMARTS) is 1. The zero-order valence-corrected chi connectivity index (χ0v) is 13.4. The first kappa shape index (κ1) is 17.9. The monoisotopic (exact) mass is 326 g/mol. The number of methoxy groups -OCH3 is 1. The summed E-state index contributed by atoms with van der Waals surface area (Å²) < 4.78 is 4.69. The molecule has 0 aromatic rings. The predicted molar refractivity (Wildman–Crippen MR) is 82.6 cm³/mol. The predicted octanol–water partition coefficient (Wildman–Crippen LogP) is 0.313. The molecule has 0 radical (unpaired) electrons. The summed E-state index contributed by atoms with van der Waals surface area (Å²) in [6, 6.07) is -1.67. The zero-order chi connectivity index (χ0) is 17.0. The molecule has 2 fully saturated rings. The molecule has 0 saturated heterocycles. The first-order valence-electron chi connectivity index (χ1n) is 8.22. The minimum Gasteiger partial charge on any atom is -0.481 e. The van der Waals surface area contributed by atoms with Gasteiger partial charge in [0.2, 0.25) is 0 Å². The highest BCUT2D eigenvalue weighted by Crippen LogP contribution is 2.51. The Kier molecular flexibility index (Phi) is 6.12. The highest BCUT2D eigenvalue weighted by molar-refractivity contribution is 5.75. The number of carbonyl (C=O) groups is 3. The van der Waals surface area contributed by atoms with Crippen LogP contribution >= 0.6 is 0 Å². The van der Waals surface area contributed by atoms with Crippen molar-refractivity contribution >= 4 is 18.2 Å². The Morgan fingerprint density at radius 3 is 2.26 bits per heavy atom. The summed E-state index contributed by atoms with van der Waals surface area (Å²) >= 11 is 0. The van der Waals surface area contributed by atoms with Gasteiger partial charge in [0.05, 0.1) is 19.6 Å². The van der Waals surface area contributed by atoms with E-state index in [-0.39, 0.29) is 12.5 Å². The van der Waals surface area contributed by atoms with Gasteiger partial charge in [0.25, 0.3) is 0 Å². The fourth-order valence-corrected chi connectivity index (χ4v) is 3.47. The van der Waals surface area contributed by atoms with Crippen molar-refractivity contribution in [1.29, 1.82) is 0 Å². The number of aliphatic carboxylic acids is 1. The van der Waals surface area contributed by atoms with Crippen molar-refractivity contribution in [2.75, 3.05) is 7.11 Å². The SMILES string of the molecule is COC(=O)C(N)CC(N[C@H](C=O)CC(=O)O)C(C1CC1)C1CC1. The molecule has 0 aromatic carbocycles. The zero-order valence-electron chi connectivity index (χ0n) is 13.4. The molecular weight excluding hydrogens is 300 g/mol. The van der Waals surface area contributed by atoms with Crippen LogP contribution in [0.2, 0.25) is 0 Å². The standard InChI is InChI=1S/C16H26N2O5/c1-23-16(22)12(17)7-13(18-11(8-19)6-14(20)21)15(9-2-3-9)10-4-5-10/h8-13,15,18H,2-7,17H2,1H3,(H,20,21)/t11-,12?,13?/m0/s1. The third-order valence-electron chi connectivity index (χ3n) is 4.80. The molecule has 130 valence electrons. The molecule has 3 atom stereocenters. The Hall–Kier alpha value is -1.47. The van der Waals surface area contributed by atoms with Crippen LogP contribution in [-0.4, -0.2) is 48.6 Å². The van der Waals surface area contributed by atoms with Crippen molar-refractivity contribution in [3.8, 4) is 0 Å². The molecule has 0 bridgehead atoms. The number of carbonyl (C=O) groups excluding carboxylic acids is 2. The Labute approximate surface area is 135 Å².